The smallest absolute Gasteiger partial charge is 0.252 e. The summed E-state index contributed by atoms with van der Waals surface area (Å²) in [4.78, 5) is 32.4. The molecule has 3 saturated heterocycles. The van der Waals surface area contributed by atoms with Gasteiger partial charge in [-0.05, 0) is 41.8 Å². The fourth-order valence-corrected chi connectivity index (χ4v) is 5.51. The lowest BCUT2D eigenvalue weighted by Crippen LogP contribution is -2.81. The number of fused-ring (bicyclic) bond motifs is 2. The molecule has 1 spiro atoms. The number of benzene rings is 2. The number of methoxy groups -OCH3 is 1. The van der Waals surface area contributed by atoms with Crippen molar-refractivity contribution in [2.45, 2.75) is 37.2 Å². The number of aliphatic hydroxyl groups excluding tert-OH is 1. The lowest BCUT2D eigenvalue weighted by Gasteiger charge is -2.58. The summed E-state index contributed by atoms with van der Waals surface area (Å²) in [5.41, 5.74) is 1.13. The van der Waals surface area contributed by atoms with E-state index in [4.69, 9.17) is 16.3 Å². The number of aliphatic hydroxyl groups is 1. The van der Waals surface area contributed by atoms with Gasteiger partial charge in [-0.2, -0.15) is 0 Å². The second-order valence-electron chi connectivity index (χ2n) is 8.95. The van der Waals surface area contributed by atoms with Gasteiger partial charge in [0.05, 0.1) is 25.8 Å². The molecule has 0 radical (unpaired) electrons. The van der Waals surface area contributed by atoms with Crippen molar-refractivity contribution in [2.24, 2.45) is 0 Å². The lowest BCUT2D eigenvalue weighted by molar-refractivity contribution is -0.181. The summed E-state index contributed by atoms with van der Waals surface area (Å²) < 4.78 is 5.31. The number of hydrogen-bond donors (Lipinski definition) is 1. The van der Waals surface area contributed by atoms with Gasteiger partial charge in [0.2, 0.25) is 5.91 Å². The van der Waals surface area contributed by atoms with Gasteiger partial charge in [0.25, 0.3) is 5.91 Å². The van der Waals surface area contributed by atoms with Crippen LogP contribution in [0.1, 0.15) is 17.5 Å². The SMILES string of the molecule is COc1cccc(CN2CC3(C2)C(=O)N(Cc2cccc(Cl)c2)C(=O)C2CC(O)CN23)c1. The first-order valence-electron chi connectivity index (χ1n) is 10.8. The molecule has 3 aliphatic heterocycles. The van der Waals surface area contributed by atoms with Gasteiger partial charge in [0.15, 0.2) is 0 Å². The fourth-order valence-electron chi connectivity index (χ4n) is 5.29. The second kappa shape index (κ2) is 8.15. The number of imide groups is 1. The number of β-amino-alcohol motifs (C(OH)–C–C–N with tert-alkyl or cyclic N) is 1. The molecule has 0 bridgehead atoms. The van der Waals surface area contributed by atoms with Crippen LogP contribution in [0.15, 0.2) is 48.5 Å². The van der Waals surface area contributed by atoms with Crippen LogP contribution in [-0.4, -0.2) is 76.0 Å². The van der Waals surface area contributed by atoms with Gasteiger partial charge in [0.1, 0.15) is 11.3 Å². The Morgan fingerprint density at radius 3 is 2.53 bits per heavy atom. The highest BCUT2D eigenvalue weighted by atomic mass is 35.5. The molecule has 2 unspecified atom stereocenters. The van der Waals surface area contributed by atoms with Gasteiger partial charge >= 0.3 is 0 Å². The molecule has 2 aromatic carbocycles. The Bertz CT molecular complexity index is 1060. The Hall–Kier alpha value is -2.45. The van der Waals surface area contributed by atoms with Crippen molar-refractivity contribution in [1.82, 2.24) is 14.7 Å². The van der Waals surface area contributed by atoms with Crippen LogP contribution in [0.5, 0.6) is 5.75 Å². The molecule has 8 heteroatoms. The van der Waals surface area contributed by atoms with Crippen LogP contribution in [0.25, 0.3) is 0 Å². The van der Waals surface area contributed by atoms with Gasteiger partial charge in [-0.25, -0.2) is 0 Å². The molecule has 2 amide bonds. The fraction of sp³-hybridized carbons (Fsp3) is 0.417. The highest BCUT2D eigenvalue weighted by Gasteiger charge is 2.64. The van der Waals surface area contributed by atoms with E-state index in [2.05, 4.69) is 4.90 Å². The number of nitrogens with zero attached hydrogens (tertiary/aromatic N) is 3. The number of rotatable bonds is 5. The van der Waals surface area contributed by atoms with Crippen molar-refractivity contribution in [2.75, 3.05) is 26.7 Å². The summed E-state index contributed by atoms with van der Waals surface area (Å²) in [7, 11) is 1.64. The lowest BCUT2D eigenvalue weighted by atomic mass is 9.82. The first kappa shape index (κ1) is 21.4. The first-order valence-corrected chi connectivity index (χ1v) is 11.2. The van der Waals surface area contributed by atoms with E-state index in [0.29, 0.717) is 37.6 Å². The van der Waals surface area contributed by atoms with E-state index in [1.807, 2.05) is 41.3 Å². The number of carbonyl (C=O) groups is 2. The van der Waals surface area contributed by atoms with Crippen molar-refractivity contribution < 1.29 is 19.4 Å². The molecule has 3 fully saturated rings. The average Bonchev–Trinajstić information content (AvgIpc) is 3.15. The maximum Gasteiger partial charge on any atom is 0.252 e. The van der Waals surface area contributed by atoms with E-state index in [-0.39, 0.29) is 18.4 Å². The molecule has 7 nitrogen and oxygen atoms in total. The molecule has 3 aliphatic rings. The van der Waals surface area contributed by atoms with E-state index < -0.39 is 17.7 Å². The van der Waals surface area contributed by atoms with Crippen LogP contribution >= 0.6 is 11.6 Å². The summed E-state index contributed by atoms with van der Waals surface area (Å²) >= 11 is 6.11. The monoisotopic (exact) mass is 455 g/mol. The second-order valence-corrected chi connectivity index (χ2v) is 9.38. The topological polar surface area (TPSA) is 73.3 Å². The number of carbonyl (C=O) groups excluding carboxylic acids is 2. The highest BCUT2D eigenvalue weighted by Crippen LogP contribution is 2.41. The van der Waals surface area contributed by atoms with Crippen molar-refractivity contribution in [3.05, 3.63) is 64.7 Å². The Balaban J connectivity index is 1.38. The van der Waals surface area contributed by atoms with Gasteiger partial charge in [0, 0.05) is 31.2 Å². The quantitative estimate of drug-likeness (QED) is 0.694. The maximum absolute atomic E-state index is 13.7. The summed E-state index contributed by atoms with van der Waals surface area (Å²) in [5.74, 6) is 0.380. The molecule has 2 atom stereocenters. The van der Waals surface area contributed by atoms with Gasteiger partial charge in [-0.1, -0.05) is 35.9 Å². The number of amides is 2. The van der Waals surface area contributed by atoms with Gasteiger partial charge < -0.3 is 9.84 Å². The molecule has 2 aromatic rings. The molecule has 0 aromatic heterocycles. The summed E-state index contributed by atoms with van der Waals surface area (Å²) in [6.45, 7) is 2.27. The predicted octanol–water partition coefficient (Wildman–Crippen LogP) is 1.91. The minimum Gasteiger partial charge on any atom is -0.497 e. The molecule has 3 heterocycles. The van der Waals surface area contributed by atoms with Crippen LogP contribution < -0.4 is 4.74 Å². The maximum atomic E-state index is 13.7. The highest BCUT2D eigenvalue weighted by molar-refractivity contribution is 6.30. The van der Waals surface area contributed by atoms with E-state index in [0.717, 1.165) is 16.9 Å². The molecule has 32 heavy (non-hydrogen) atoms. The summed E-state index contributed by atoms with van der Waals surface area (Å²) in [6.07, 6.45) is -0.248. The zero-order chi connectivity index (χ0) is 22.5. The Morgan fingerprint density at radius 2 is 1.81 bits per heavy atom. The standard InChI is InChI=1S/C24H26ClN3O4/c1-32-20-7-3-5-17(9-20)11-26-14-24(15-26)23(31)27(12-16-4-2-6-18(25)8-16)22(30)21-10-19(29)13-28(21)24/h2-9,19,21,29H,10-15H2,1H3. The van der Waals surface area contributed by atoms with Crippen molar-refractivity contribution >= 4 is 23.4 Å². The van der Waals surface area contributed by atoms with Crippen LogP contribution in [0.4, 0.5) is 0 Å². The molecule has 0 aliphatic carbocycles. The van der Waals surface area contributed by atoms with E-state index >= 15 is 0 Å². The minimum atomic E-state index is -0.784. The van der Waals surface area contributed by atoms with Crippen molar-refractivity contribution in [3.8, 4) is 5.75 Å². The first-order chi connectivity index (χ1) is 15.4. The Kier molecular flexibility index (Phi) is 5.45. The van der Waals surface area contributed by atoms with Crippen molar-refractivity contribution in [3.63, 3.8) is 0 Å². The predicted molar refractivity (Wildman–Crippen MR) is 119 cm³/mol. The number of likely N-dealkylation sites (tertiary alicyclic amines) is 1. The van der Waals surface area contributed by atoms with Crippen LogP contribution in [0.2, 0.25) is 5.02 Å². The third-order valence-corrected chi connectivity index (χ3v) is 7.00. The van der Waals surface area contributed by atoms with E-state index in [1.165, 1.54) is 4.90 Å². The molecule has 168 valence electrons. The number of piperazine rings is 1. The summed E-state index contributed by atoms with van der Waals surface area (Å²) in [6, 6.07) is 14.6. The Morgan fingerprint density at radius 1 is 1.09 bits per heavy atom. The molecule has 1 N–H and O–H groups in total. The molecule has 0 saturated carbocycles. The van der Waals surface area contributed by atoms with Gasteiger partial charge in [-0.15, -0.1) is 0 Å². The largest absolute Gasteiger partial charge is 0.497 e. The molecular weight excluding hydrogens is 430 g/mol. The Labute approximate surface area is 192 Å². The van der Waals surface area contributed by atoms with Crippen LogP contribution in [0, 0.1) is 0 Å². The van der Waals surface area contributed by atoms with E-state index in [9.17, 15) is 14.7 Å². The minimum absolute atomic E-state index is 0.185. The van der Waals surface area contributed by atoms with Crippen LogP contribution in [-0.2, 0) is 22.7 Å². The normalized spacial score (nSPS) is 25.2. The number of ether oxygens (including phenoxy) is 1. The van der Waals surface area contributed by atoms with Gasteiger partial charge in [-0.3, -0.25) is 24.3 Å². The molecular formula is C24H26ClN3O4. The third kappa shape index (κ3) is 3.59. The van der Waals surface area contributed by atoms with Crippen molar-refractivity contribution in [1.29, 1.82) is 0 Å². The molecule has 5 rings (SSSR count). The average molecular weight is 456 g/mol. The number of halogens is 1. The van der Waals surface area contributed by atoms with Crippen LogP contribution in [0.3, 0.4) is 0 Å². The number of hydrogen-bond acceptors (Lipinski definition) is 6. The zero-order valence-electron chi connectivity index (χ0n) is 17.9. The van der Waals surface area contributed by atoms with E-state index in [1.54, 1.807) is 19.2 Å². The summed E-state index contributed by atoms with van der Waals surface area (Å²) in [5, 5.41) is 10.9. The zero-order valence-corrected chi connectivity index (χ0v) is 18.7. The third-order valence-electron chi connectivity index (χ3n) is 6.76.